The van der Waals surface area contributed by atoms with Crippen molar-refractivity contribution in [3.63, 3.8) is 0 Å². The number of piperazine rings is 1. The summed E-state index contributed by atoms with van der Waals surface area (Å²) >= 11 is 0. The number of nitrogens with two attached hydrogens (primary N) is 1. The van der Waals surface area contributed by atoms with Crippen molar-refractivity contribution in [3.8, 4) is 22.9 Å². The maximum absolute atomic E-state index is 10.9. The summed E-state index contributed by atoms with van der Waals surface area (Å²) in [7, 11) is 0. The van der Waals surface area contributed by atoms with Crippen LogP contribution in [0.1, 0.15) is 37.8 Å². The van der Waals surface area contributed by atoms with Crippen LogP contribution in [0.3, 0.4) is 0 Å². The number of nitrogens with zero attached hydrogens (tertiary/aromatic N) is 5. The Kier molecular flexibility index (Phi) is 8.50. The SMILES string of the molecule is C=CC(C)CC1CN(c2ncc(-c3ncc[nH]3)cc2O)CCN1C1CCN([C@@H](CN)c2ccc(O)cc2)CC1. The van der Waals surface area contributed by atoms with Crippen LogP contribution < -0.4 is 10.6 Å². The minimum Gasteiger partial charge on any atom is -0.508 e. The summed E-state index contributed by atoms with van der Waals surface area (Å²) in [6.45, 7) is 11.4. The fourth-order valence-corrected chi connectivity index (χ4v) is 6.24. The lowest BCUT2D eigenvalue weighted by atomic mass is 9.93. The quantitative estimate of drug-likeness (QED) is 0.309. The van der Waals surface area contributed by atoms with E-state index in [9.17, 15) is 10.2 Å². The average Bonchev–Trinajstić information content (AvgIpc) is 3.50. The molecule has 9 nitrogen and oxygen atoms in total. The third-order valence-electron chi connectivity index (χ3n) is 8.40. The van der Waals surface area contributed by atoms with Gasteiger partial charge in [0.25, 0.3) is 0 Å². The lowest BCUT2D eigenvalue weighted by Crippen LogP contribution is -2.59. The second kappa shape index (κ2) is 12.2. The number of likely N-dealkylation sites (tertiary alicyclic amines) is 1. The average molecular weight is 532 g/mol. The smallest absolute Gasteiger partial charge is 0.171 e. The van der Waals surface area contributed by atoms with E-state index in [1.165, 1.54) is 0 Å². The number of phenols is 1. The molecule has 9 heteroatoms. The first kappa shape index (κ1) is 27.2. The van der Waals surface area contributed by atoms with E-state index in [0.717, 1.165) is 63.1 Å². The summed E-state index contributed by atoms with van der Waals surface area (Å²) in [6.07, 6.45) is 10.5. The molecule has 3 aromatic rings. The number of rotatable bonds is 9. The Morgan fingerprint density at radius 1 is 1.13 bits per heavy atom. The fraction of sp³-hybridized carbons (Fsp3) is 0.467. The summed E-state index contributed by atoms with van der Waals surface area (Å²) in [5.74, 6) is 2.19. The molecule has 4 heterocycles. The summed E-state index contributed by atoms with van der Waals surface area (Å²) in [5, 5.41) is 20.6. The molecule has 2 aromatic heterocycles. The number of phenolic OH excluding ortho intramolecular Hbond substituents is 1. The van der Waals surface area contributed by atoms with Gasteiger partial charge in [0.05, 0.1) is 0 Å². The highest BCUT2D eigenvalue weighted by molar-refractivity contribution is 5.63. The van der Waals surface area contributed by atoms with Crippen LogP contribution in [0.15, 0.2) is 61.6 Å². The Balaban J connectivity index is 1.26. The van der Waals surface area contributed by atoms with Crippen LogP contribution in [0.2, 0.25) is 0 Å². The number of H-pyrrole nitrogens is 1. The maximum atomic E-state index is 10.9. The Morgan fingerprint density at radius 2 is 1.90 bits per heavy atom. The number of hydrogen-bond donors (Lipinski definition) is 4. The van der Waals surface area contributed by atoms with Gasteiger partial charge in [-0.15, -0.1) is 6.58 Å². The normalized spacial score (nSPS) is 21.1. The number of aromatic amines is 1. The van der Waals surface area contributed by atoms with E-state index in [1.54, 1.807) is 36.8 Å². The molecule has 3 atom stereocenters. The number of hydrogen-bond acceptors (Lipinski definition) is 8. The minimum atomic E-state index is 0.165. The van der Waals surface area contributed by atoms with Gasteiger partial charge in [-0.25, -0.2) is 9.97 Å². The lowest BCUT2D eigenvalue weighted by Gasteiger charge is -2.49. The molecule has 0 radical (unpaired) electrons. The molecule has 0 saturated carbocycles. The standard InChI is InChI=1S/C30H41N7O2/c1-3-21(2)16-25-20-36(30-28(39)17-23(19-34-30)29-32-10-11-33-29)14-15-37(25)24-8-12-35(13-9-24)27(18-31)22-4-6-26(38)7-5-22/h3-7,10-11,17,19,21,24-25,27,38-39H,1,8-9,12-16,18,20,31H2,2H3,(H,32,33)/t21?,25?,27-/m0/s1. The van der Waals surface area contributed by atoms with E-state index in [4.69, 9.17) is 5.73 Å². The van der Waals surface area contributed by atoms with E-state index < -0.39 is 0 Å². The van der Waals surface area contributed by atoms with Gasteiger partial charge in [-0.3, -0.25) is 9.80 Å². The van der Waals surface area contributed by atoms with Gasteiger partial charge in [-0.2, -0.15) is 0 Å². The van der Waals surface area contributed by atoms with Gasteiger partial charge in [-0.05, 0) is 48.9 Å². The summed E-state index contributed by atoms with van der Waals surface area (Å²) in [6, 6.07) is 10.2. The predicted octanol–water partition coefficient (Wildman–Crippen LogP) is 3.75. The van der Waals surface area contributed by atoms with Crippen molar-refractivity contribution in [3.05, 3.63) is 67.1 Å². The Labute approximate surface area is 231 Å². The van der Waals surface area contributed by atoms with Crippen molar-refractivity contribution in [2.75, 3.05) is 44.2 Å². The number of nitrogens with one attached hydrogen (secondary N) is 1. The first-order valence-electron chi connectivity index (χ1n) is 14.0. The topological polar surface area (TPSA) is 118 Å². The second-order valence-electron chi connectivity index (χ2n) is 10.9. The lowest BCUT2D eigenvalue weighted by molar-refractivity contribution is 0.0455. The second-order valence-corrected chi connectivity index (χ2v) is 10.9. The Morgan fingerprint density at radius 3 is 2.54 bits per heavy atom. The molecule has 0 spiro atoms. The van der Waals surface area contributed by atoms with Crippen molar-refractivity contribution in [1.29, 1.82) is 0 Å². The number of aromatic hydroxyl groups is 2. The molecule has 2 unspecified atom stereocenters. The highest BCUT2D eigenvalue weighted by atomic mass is 16.3. The maximum Gasteiger partial charge on any atom is 0.171 e. The molecule has 0 amide bonds. The first-order valence-corrected chi connectivity index (χ1v) is 14.0. The minimum absolute atomic E-state index is 0.165. The third-order valence-corrected chi connectivity index (χ3v) is 8.40. The number of anilines is 1. The van der Waals surface area contributed by atoms with Crippen molar-refractivity contribution in [1.82, 2.24) is 24.8 Å². The van der Waals surface area contributed by atoms with Crippen LogP contribution >= 0.6 is 0 Å². The molecule has 5 rings (SSSR count). The highest BCUT2D eigenvalue weighted by Gasteiger charge is 2.36. The van der Waals surface area contributed by atoms with Crippen LogP contribution in [0, 0.1) is 5.92 Å². The molecule has 0 aliphatic carbocycles. The van der Waals surface area contributed by atoms with Gasteiger partial charge in [-0.1, -0.05) is 25.1 Å². The summed E-state index contributed by atoms with van der Waals surface area (Å²) < 4.78 is 0. The molecular formula is C30H41N7O2. The van der Waals surface area contributed by atoms with Gasteiger partial charge in [0.2, 0.25) is 0 Å². The van der Waals surface area contributed by atoms with Gasteiger partial charge in [0, 0.05) is 81.5 Å². The van der Waals surface area contributed by atoms with E-state index in [-0.39, 0.29) is 17.5 Å². The van der Waals surface area contributed by atoms with E-state index in [2.05, 4.69) is 43.2 Å². The fourth-order valence-electron chi connectivity index (χ4n) is 6.24. The molecule has 2 aliphatic rings. The summed E-state index contributed by atoms with van der Waals surface area (Å²) in [4.78, 5) is 19.4. The number of aromatic nitrogens is 3. The van der Waals surface area contributed by atoms with Crippen LogP contribution in [0.5, 0.6) is 11.5 Å². The third kappa shape index (κ3) is 6.11. The highest BCUT2D eigenvalue weighted by Crippen LogP contribution is 2.34. The van der Waals surface area contributed by atoms with E-state index in [0.29, 0.717) is 36.2 Å². The van der Waals surface area contributed by atoms with E-state index >= 15 is 0 Å². The van der Waals surface area contributed by atoms with Crippen molar-refractivity contribution in [2.45, 2.75) is 44.3 Å². The number of imidazole rings is 1. The molecule has 2 fully saturated rings. The van der Waals surface area contributed by atoms with Crippen LogP contribution in [-0.2, 0) is 0 Å². The number of piperidine rings is 1. The Bertz CT molecular complexity index is 1210. The largest absolute Gasteiger partial charge is 0.508 e. The molecule has 39 heavy (non-hydrogen) atoms. The first-order chi connectivity index (χ1) is 19.0. The van der Waals surface area contributed by atoms with Crippen LogP contribution in [0.4, 0.5) is 5.82 Å². The van der Waals surface area contributed by atoms with Crippen LogP contribution in [-0.4, -0.2) is 86.3 Å². The molecule has 0 bridgehead atoms. The molecule has 2 saturated heterocycles. The summed E-state index contributed by atoms with van der Waals surface area (Å²) in [5.41, 5.74) is 8.13. The molecule has 208 valence electrons. The van der Waals surface area contributed by atoms with Crippen molar-refractivity contribution >= 4 is 5.82 Å². The number of pyridine rings is 1. The molecule has 5 N–H and O–H groups in total. The number of benzene rings is 1. The van der Waals surface area contributed by atoms with Gasteiger partial charge >= 0.3 is 0 Å². The molecular weight excluding hydrogens is 490 g/mol. The van der Waals surface area contributed by atoms with E-state index in [1.807, 2.05) is 18.2 Å². The molecule has 2 aliphatic heterocycles. The monoisotopic (exact) mass is 531 g/mol. The van der Waals surface area contributed by atoms with Gasteiger partial charge in [0.15, 0.2) is 11.6 Å². The van der Waals surface area contributed by atoms with Crippen molar-refractivity contribution < 1.29 is 10.2 Å². The Hall–Kier alpha value is -3.40. The zero-order chi connectivity index (χ0) is 27.4. The zero-order valence-electron chi connectivity index (χ0n) is 22.8. The number of allylic oxidation sites excluding steroid dienone is 1. The van der Waals surface area contributed by atoms with Crippen molar-refractivity contribution in [2.24, 2.45) is 11.7 Å². The predicted molar refractivity (Wildman–Crippen MR) is 155 cm³/mol. The van der Waals surface area contributed by atoms with Crippen LogP contribution in [0.25, 0.3) is 11.4 Å². The van der Waals surface area contributed by atoms with Gasteiger partial charge in [0.1, 0.15) is 11.6 Å². The molecule has 1 aromatic carbocycles. The van der Waals surface area contributed by atoms with Gasteiger partial charge < -0.3 is 25.8 Å². The zero-order valence-corrected chi connectivity index (χ0v) is 22.8.